The van der Waals surface area contributed by atoms with E-state index in [9.17, 15) is 9.59 Å². The molecule has 0 saturated heterocycles. The molecular weight excluding hydrogens is 412 g/mol. The minimum Gasteiger partial charge on any atom is -0.465 e. The molecule has 0 aromatic carbocycles. The molecule has 0 heterocycles. The number of unbranched alkanes of at least 4 members (excludes halogenated alkanes) is 10. The van der Waals surface area contributed by atoms with Gasteiger partial charge >= 0.3 is 11.9 Å². The van der Waals surface area contributed by atoms with Gasteiger partial charge in [-0.05, 0) is 44.4 Å². The highest BCUT2D eigenvalue weighted by Gasteiger charge is 2.33. The fourth-order valence-corrected chi connectivity index (χ4v) is 5.04. The Kier molecular flexibility index (Phi) is 18.5. The average Bonchev–Trinajstić information content (AvgIpc) is 2.83. The number of hydrogen-bond donors (Lipinski definition) is 0. The predicted molar refractivity (Wildman–Crippen MR) is 137 cm³/mol. The Labute approximate surface area is 205 Å². The molecule has 1 rings (SSSR count). The topological polar surface area (TPSA) is 52.6 Å². The Morgan fingerprint density at radius 3 is 1.82 bits per heavy atom. The summed E-state index contributed by atoms with van der Waals surface area (Å²) in [5, 5.41) is 0. The van der Waals surface area contributed by atoms with Crippen molar-refractivity contribution in [2.24, 2.45) is 17.8 Å². The number of esters is 2. The Bertz CT molecular complexity index is 490. The van der Waals surface area contributed by atoms with Crippen molar-refractivity contribution in [3.8, 4) is 0 Å². The first kappa shape index (κ1) is 30.0. The molecule has 1 aliphatic rings. The highest BCUT2D eigenvalue weighted by molar-refractivity contribution is 5.76. The van der Waals surface area contributed by atoms with Crippen LogP contribution in [0.3, 0.4) is 0 Å². The van der Waals surface area contributed by atoms with Crippen LogP contribution in [0.4, 0.5) is 0 Å². The van der Waals surface area contributed by atoms with Crippen molar-refractivity contribution in [3.05, 3.63) is 0 Å². The van der Waals surface area contributed by atoms with Crippen molar-refractivity contribution in [1.29, 1.82) is 0 Å². The summed E-state index contributed by atoms with van der Waals surface area (Å²) in [5.74, 6) is 0.0116. The van der Waals surface area contributed by atoms with Gasteiger partial charge in [0.1, 0.15) is 0 Å². The van der Waals surface area contributed by atoms with Crippen molar-refractivity contribution in [3.63, 3.8) is 0 Å². The SMILES string of the molecule is CCCCCCCCCCCOC(=O)C1CCCC(C(=O)OCC(CCC)CCCCC)C1. The van der Waals surface area contributed by atoms with Crippen LogP contribution in [-0.4, -0.2) is 25.2 Å². The first-order valence-corrected chi connectivity index (χ1v) is 14.5. The van der Waals surface area contributed by atoms with Gasteiger partial charge in [0.05, 0.1) is 25.0 Å². The number of carbonyl (C=O) groups is 2. The van der Waals surface area contributed by atoms with E-state index in [-0.39, 0.29) is 23.8 Å². The van der Waals surface area contributed by atoms with Gasteiger partial charge in [-0.1, -0.05) is 104 Å². The lowest BCUT2D eigenvalue weighted by Crippen LogP contribution is -2.30. The Balaban J connectivity index is 2.20. The molecule has 4 heteroatoms. The van der Waals surface area contributed by atoms with E-state index >= 15 is 0 Å². The minimum absolute atomic E-state index is 0.0944. The van der Waals surface area contributed by atoms with Crippen LogP contribution in [0.2, 0.25) is 0 Å². The van der Waals surface area contributed by atoms with E-state index < -0.39 is 0 Å². The summed E-state index contributed by atoms with van der Waals surface area (Å²) in [4.78, 5) is 25.2. The number of rotatable bonds is 20. The third kappa shape index (κ3) is 14.7. The van der Waals surface area contributed by atoms with E-state index in [1.165, 1.54) is 64.2 Å². The summed E-state index contributed by atoms with van der Waals surface area (Å²) in [6.07, 6.45) is 21.6. The number of carbonyl (C=O) groups excluding carboxylic acids is 2. The Morgan fingerprint density at radius 1 is 0.667 bits per heavy atom. The summed E-state index contributed by atoms with van der Waals surface area (Å²) < 4.78 is 11.3. The molecule has 0 aromatic heterocycles. The maximum absolute atomic E-state index is 12.7. The number of ether oxygens (including phenoxy) is 2. The molecule has 194 valence electrons. The van der Waals surface area contributed by atoms with Crippen LogP contribution in [0.5, 0.6) is 0 Å². The summed E-state index contributed by atoms with van der Waals surface area (Å²) >= 11 is 0. The van der Waals surface area contributed by atoms with Gasteiger partial charge in [0.15, 0.2) is 0 Å². The molecule has 0 aromatic rings. The summed E-state index contributed by atoms with van der Waals surface area (Å²) in [6.45, 7) is 7.73. The van der Waals surface area contributed by atoms with Crippen molar-refractivity contribution >= 4 is 11.9 Å². The van der Waals surface area contributed by atoms with Gasteiger partial charge in [-0.15, -0.1) is 0 Å². The zero-order chi connectivity index (χ0) is 24.2. The third-order valence-corrected chi connectivity index (χ3v) is 7.21. The molecule has 0 radical (unpaired) electrons. The normalized spacial score (nSPS) is 19.2. The molecule has 3 atom stereocenters. The molecule has 1 fully saturated rings. The Morgan fingerprint density at radius 2 is 1.21 bits per heavy atom. The van der Waals surface area contributed by atoms with Gasteiger partial charge in [0, 0.05) is 0 Å². The molecule has 33 heavy (non-hydrogen) atoms. The quantitative estimate of drug-likeness (QED) is 0.133. The second-order valence-electron chi connectivity index (χ2n) is 10.3. The third-order valence-electron chi connectivity index (χ3n) is 7.21. The monoisotopic (exact) mass is 466 g/mol. The highest BCUT2D eigenvalue weighted by Crippen LogP contribution is 2.31. The van der Waals surface area contributed by atoms with Crippen LogP contribution in [0, 0.1) is 17.8 Å². The molecule has 0 bridgehead atoms. The maximum Gasteiger partial charge on any atom is 0.308 e. The van der Waals surface area contributed by atoms with Crippen molar-refractivity contribution < 1.29 is 19.1 Å². The van der Waals surface area contributed by atoms with Gasteiger partial charge in [0.2, 0.25) is 0 Å². The molecule has 0 N–H and O–H groups in total. The Hall–Kier alpha value is -1.06. The van der Waals surface area contributed by atoms with E-state index in [0.717, 1.165) is 51.4 Å². The van der Waals surface area contributed by atoms with Gasteiger partial charge in [-0.2, -0.15) is 0 Å². The van der Waals surface area contributed by atoms with Gasteiger partial charge in [0.25, 0.3) is 0 Å². The standard InChI is InChI=1S/C29H54O4/c1-4-7-9-10-11-12-13-14-16-22-32-28(30)26-20-17-21-27(23-26)29(31)33-24-25(18-6-3)19-15-8-5-2/h25-27H,4-24H2,1-3H3. The lowest BCUT2D eigenvalue weighted by atomic mass is 9.81. The minimum atomic E-state index is -0.137. The van der Waals surface area contributed by atoms with Crippen LogP contribution in [-0.2, 0) is 19.1 Å². The molecule has 0 spiro atoms. The van der Waals surface area contributed by atoms with Crippen molar-refractivity contribution in [2.75, 3.05) is 13.2 Å². The van der Waals surface area contributed by atoms with Crippen molar-refractivity contribution in [2.45, 2.75) is 143 Å². The average molecular weight is 467 g/mol. The fourth-order valence-electron chi connectivity index (χ4n) is 5.04. The highest BCUT2D eigenvalue weighted by atomic mass is 16.5. The zero-order valence-electron chi connectivity index (χ0n) is 22.2. The first-order chi connectivity index (χ1) is 16.1. The molecule has 0 aliphatic heterocycles. The van der Waals surface area contributed by atoms with E-state index in [1.54, 1.807) is 0 Å². The van der Waals surface area contributed by atoms with Crippen LogP contribution >= 0.6 is 0 Å². The van der Waals surface area contributed by atoms with Gasteiger partial charge in [-0.25, -0.2) is 0 Å². The van der Waals surface area contributed by atoms with E-state index in [4.69, 9.17) is 9.47 Å². The van der Waals surface area contributed by atoms with Gasteiger partial charge in [-0.3, -0.25) is 9.59 Å². The fraction of sp³-hybridized carbons (Fsp3) is 0.931. The summed E-state index contributed by atoms with van der Waals surface area (Å²) in [5.41, 5.74) is 0. The maximum atomic E-state index is 12.7. The first-order valence-electron chi connectivity index (χ1n) is 14.5. The summed E-state index contributed by atoms with van der Waals surface area (Å²) in [7, 11) is 0. The summed E-state index contributed by atoms with van der Waals surface area (Å²) in [6, 6.07) is 0. The second-order valence-corrected chi connectivity index (χ2v) is 10.3. The smallest absolute Gasteiger partial charge is 0.308 e. The van der Waals surface area contributed by atoms with Crippen LogP contribution in [0.15, 0.2) is 0 Å². The van der Waals surface area contributed by atoms with Crippen LogP contribution in [0.25, 0.3) is 0 Å². The largest absolute Gasteiger partial charge is 0.465 e. The molecular formula is C29H54O4. The van der Waals surface area contributed by atoms with E-state index in [0.29, 0.717) is 25.6 Å². The number of hydrogen-bond acceptors (Lipinski definition) is 4. The molecule has 4 nitrogen and oxygen atoms in total. The lowest BCUT2D eigenvalue weighted by molar-refractivity contribution is -0.156. The predicted octanol–water partition coefficient (Wildman–Crippen LogP) is 8.41. The zero-order valence-corrected chi connectivity index (χ0v) is 22.2. The van der Waals surface area contributed by atoms with Crippen LogP contribution < -0.4 is 0 Å². The molecule has 3 unspecified atom stereocenters. The lowest BCUT2D eigenvalue weighted by Gasteiger charge is -2.27. The van der Waals surface area contributed by atoms with Gasteiger partial charge < -0.3 is 9.47 Å². The van der Waals surface area contributed by atoms with Crippen LogP contribution in [0.1, 0.15) is 143 Å². The molecule has 1 saturated carbocycles. The van der Waals surface area contributed by atoms with E-state index in [1.807, 2.05) is 0 Å². The second kappa shape index (κ2) is 20.3. The van der Waals surface area contributed by atoms with Crippen molar-refractivity contribution in [1.82, 2.24) is 0 Å². The molecule has 1 aliphatic carbocycles. The van der Waals surface area contributed by atoms with E-state index in [2.05, 4.69) is 20.8 Å². The molecule has 0 amide bonds.